The van der Waals surface area contributed by atoms with Gasteiger partial charge in [0.05, 0.1) is 0 Å². The number of carbonyl (C=O) groups is 1. The molecule has 2 N–H and O–H groups in total. The summed E-state index contributed by atoms with van der Waals surface area (Å²) in [7, 11) is 0. The number of amides is 2. The molecule has 0 radical (unpaired) electrons. The quantitative estimate of drug-likeness (QED) is 0.840. The number of urea groups is 1. The van der Waals surface area contributed by atoms with Crippen molar-refractivity contribution >= 4 is 17.8 Å². The van der Waals surface area contributed by atoms with E-state index in [9.17, 15) is 4.79 Å². The van der Waals surface area contributed by atoms with Crippen molar-refractivity contribution in [3.63, 3.8) is 0 Å². The monoisotopic (exact) mass is 335 g/mol. The van der Waals surface area contributed by atoms with E-state index in [0.717, 1.165) is 39.0 Å². The molecule has 1 heterocycles. The summed E-state index contributed by atoms with van der Waals surface area (Å²) < 4.78 is 0. The number of rotatable bonds is 6. The van der Waals surface area contributed by atoms with Crippen molar-refractivity contribution in [3.8, 4) is 0 Å². The summed E-state index contributed by atoms with van der Waals surface area (Å²) >= 11 is 1.77. The van der Waals surface area contributed by atoms with Crippen LogP contribution in [0.5, 0.6) is 0 Å². The first kappa shape index (κ1) is 18.1. The lowest BCUT2D eigenvalue weighted by Crippen LogP contribution is -2.48. The first-order chi connectivity index (χ1) is 11.1. The van der Waals surface area contributed by atoms with Crippen molar-refractivity contribution in [2.24, 2.45) is 0 Å². The van der Waals surface area contributed by atoms with Crippen LogP contribution >= 0.6 is 11.8 Å². The number of nitrogens with one attached hydrogen (secondary N) is 2. The SMILES string of the molecule is CS[C@H](C)CNC(=O)NC1CCN(Cc2ccccc2C)CC1. The van der Waals surface area contributed by atoms with Crippen molar-refractivity contribution in [1.29, 1.82) is 0 Å². The molecule has 0 spiro atoms. The summed E-state index contributed by atoms with van der Waals surface area (Å²) in [5.41, 5.74) is 2.76. The second-order valence-electron chi connectivity index (χ2n) is 6.38. The van der Waals surface area contributed by atoms with Crippen LogP contribution in [0.1, 0.15) is 30.9 Å². The Morgan fingerprint density at radius 3 is 2.70 bits per heavy atom. The number of benzene rings is 1. The van der Waals surface area contributed by atoms with E-state index in [0.29, 0.717) is 11.3 Å². The van der Waals surface area contributed by atoms with Crippen molar-refractivity contribution in [2.45, 2.75) is 44.5 Å². The van der Waals surface area contributed by atoms with Crippen LogP contribution < -0.4 is 10.6 Å². The van der Waals surface area contributed by atoms with E-state index in [4.69, 9.17) is 0 Å². The molecule has 0 saturated carbocycles. The minimum absolute atomic E-state index is 0.0248. The van der Waals surface area contributed by atoms with Crippen LogP contribution in [0.4, 0.5) is 4.79 Å². The van der Waals surface area contributed by atoms with E-state index >= 15 is 0 Å². The van der Waals surface area contributed by atoms with Gasteiger partial charge in [0.25, 0.3) is 0 Å². The molecule has 128 valence electrons. The molecular formula is C18H29N3OS. The highest BCUT2D eigenvalue weighted by atomic mass is 32.2. The van der Waals surface area contributed by atoms with Crippen LogP contribution in [0.3, 0.4) is 0 Å². The van der Waals surface area contributed by atoms with Gasteiger partial charge < -0.3 is 10.6 Å². The van der Waals surface area contributed by atoms with E-state index < -0.39 is 0 Å². The molecule has 0 bridgehead atoms. The molecule has 0 unspecified atom stereocenters. The zero-order valence-corrected chi connectivity index (χ0v) is 15.3. The molecule has 1 aliphatic heterocycles. The Morgan fingerprint density at radius 2 is 2.04 bits per heavy atom. The first-order valence-corrected chi connectivity index (χ1v) is 9.71. The maximum atomic E-state index is 11.9. The third-order valence-corrected chi connectivity index (χ3v) is 5.50. The zero-order valence-electron chi connectivity index (χ0n) is 14.5. The fourth-order valence-electron chi connectivity index (χ4n) is 2.82. The summed E-state index contributed by atoms with van der Waals surface area (Å²) in [5, 5.41) is 6.52. The van der Waals surface area contributed by atoms with E-state index in [1.54, 1.807) is 11.8 Å². The highest BCUT2D eigenvalue weighted by Gasteiger charge is 2.21. The summed E-state index contributed by atoms with van der Waals surface area (Å²) in [6, 6.07) is 8.85. The topological polar surface area (TPSA) is 44.4 Å². The van der Waals surface area contributed by atoms with Gasteiger partial charge in [-0.05, 0) is 37.1 Å². The van der Waals surface area contributed by atoms with Crippen molar-refractivity contribution in [2.75, 3.05) is 25.9 Å². The number of carbonyl (C=O) groups excluding carboxylic acids is 1. The number of hydrogen-bond donors (Lipinski definition) is 2. The standard InChI is InChI=1S/C18H29N3OS/c1-14-6-4-5-7-16(14)13-21-10-8-17(9-11-21)20-18(22)19-12-15(2)23-3/h4-7,15,17H,8-13H2,1-3H3,(H2,19,20,22)/t15-/m1/s1. The third kappa shape index (κ3) is 6.07. The Labute approximate surface area is 144 Å². The van der Waals surface area contributed by atoms with E-state index in [2.05, 4.69) is 59.9 Å². The molecule has 0 aliphatic carbocycles. The zero-order chi connectivity index (χ0) is 16.7. The smallest absolute Gasteiger partial charge is 0.315 e. The van der Waals surface area contributed by atoms with Gasteiger partial charge in [-0.15, -0.1) is 0 Å². The Bertz CT molecular complexity index is 501. The van der Waals surface area contributed by atoms with Gasteiger partial charge in [0.1, 0.15) is 0 Å². The van der Waals surface area contributed by atoms with Gasteiger partial charge in [0.2, 0.25) is 0 Å². The number of likely N-dealkylation sites (tertiary alicyclic amines) is 1. The molecule has 1 aromatic rings. The number of nitrogens with zero attached hydrogens (tertiary/aromatic N) is 1. The molecular weight excluding hydrogens is 306 g/mol. The predicted octanol–water partition coefficient (Wildman–Crippen LogP) is 3.01. The summed E-state index contributed by atoms with van der Waals surface area (Å²) in [4.78, 5) is 14.4. The minimum Gasteiger partial charge on any atom is -0.337 e. The molecule has 5 heteroatoms. The molecule has 1 atom stereocenters. The number of aryl methyl sites for hydroxylation is 1. The van der Waals surface area contributed by atoms with Gasteiger partial charge in [-0.2, -0.15) is 11.8 Å². The van der Waals surface area contributed by atoms with Crippen molar-refractivity contribution in [3.05, 3.63) is 35.4 Å². The second kappa shape index (κ2) is 9.18. The second-order valence-corrected chi connectivity index (χ2v) is 7.65. The largest absolute Gasteiger partial charge is 0.337 e. The van der Waals surface area contributed by atoms with Gasteiger partial charge in [-0.3, -0.25) is 4.90 Å². The lowest BCUT2D eigenvalue weighted by Gasteiger charge is -2.32. The Hall–Kier alpha value is -1.20. The van der Waals surface area contributed by atoms with Gasteiger partial charge in [-0.25, -0.2) is 4.79 Å². The van der Waals surface area contributed by atoms with Crippen LogP contribution in [-0.4, -0.2) is 48.1 Å². The van der Waals surface area contributed by atoms with Gasteiger partial charge >= 0.3 is 6.03 Å². The average molecular weight is 336 g/mol. The van der Waals surface area contributed by atoms with Crippen LogP contribution in [0, 0.1) is 6.92 Å². The average Bonchev–Trinajstić information content (AvgIpc) is 2.56. The molecule has 1 saturated heterocycles. The predicted molar refractivity (Wildman–Crippen MR) is 99.0 cm³/mol. The summed E-state index contributed by atoms with van der Waals surface area (Å²) in [5.74, 6) is 0. The highest BCUT2D eigenvalue weighted by molar-refractivity contribution is 7.99. The number of thioether (sulfide) groups is 1. The van der Waals surface area contributed by atoms with Crippen LogP contribution in [0.15, 0.2) is 24.3 Å². The Morgan fingerprint density at radius 1 is 1.35 bits per heavy atom. The molecule has 1 aliphatic rings. The van der Waals surface area contributed by atoms with Crippen molar-refractivity contribution in [1.82, 2.24) is 15.5 Å². The van der Waals surface area contributed by atoms with Gasteiger partial charge in [0, 0.05) is 37.5 Å². The minimum atomic E-state index is -0.0248. The normalized spacial score (nSPS) is 17.7. The van der Waals surface area contributed by atoms with Crippen LogP contribution in [0.2, 0.25) is 0 Å². The van der Waals surface area contributed by atoms with Gasteiger partial charge in [0.15, 0.2) is 0 Å². The fourth-order valence-corrected chi connectivity index (χ4v) is 3.07. The lowest BCUT2D eigenvalue weighted by molar-refractivity contribution is 0.186. The van der Waals surface area contributed by atoms with E-state index in [1.165, 1.54) is 11.1 Å². The molecule has 2 rings (SSSR count). The molecule has 1 aromatic carbocycles. The third-order valence-electron chi connectivity index (χ3n) is 4.53. The van der Waals surface area contributed by atoms with E-state index in [1.807, 2.05) is 0 Å². The number of piperidine rings is 1. The molecule has 4 nitrogen and oxygen atoms in total. The van der Waals surface area contributed by atoms with Crippen molar-refractivity contribution < 1.29 is 4.79 Å². The Balaban J connectivity index is 1.69. The lowest BCUT2D eigenvalue weighted by atomic mass is 10.0. The maximum absolute atomic E-state index is 11.9. The Kier molecular flexibility index (Phi) is 7.24. The summed E-state index contributed by atoms with van der Waals surface area (Å²) in [6.07, 6.45) is 4.11. The van der Waals surface area contributed by atoms with Gasteiger partial charge in [-0.1, -0.05) is 31.2 Å². The summed E-state index contributed by atoms with van der Waals surface area (Å²) in [6.45, 7) is 8.11. The molecule has 1 fully saturated rings. The molecule has 23 heavy (non-hydrogen) atoms. The molecule has 2 amide bonds. The first-order valence-electron chi connectivity index (χ1n) is 8.42. The highest BCUT2D eigenvalue weighted by Crippen LogP contribution is 2.16. The molecule has 0 aromatic heterocycles. The number of hydrogen-bond acceptors (Lipinski definition) is 3. The maximum Gasteiger partial charge on any atom is 0.315 e. The fraction of sp³-hybridized carbons (Fsp3) is 0.611. The van der Waals surface area contributed by atoms with Crippen LogP contribution in [0.25, 0.3) is 0 Å². The van der Waals surface area contributed by atoms with Crippen LogP contribution in [-0.2, 0) is 6.54 Å². The van der Waals surface area contributed by atoms with E-state index in [-0.39, 0.29) is 6.03 Å².